The molecule has 2 aliphatic carbocycles. The van der Waals surface area contributed by atoms with Gasteiger partial charge in [-0.15, -0.1) is 0 Å². The molecule has 2 amide bonds. The third kappa shape index (κ3) is 4.36. The normalized spacial score (nSPS) is 26.5. The SMILES string of the molecule is CN(CCO)c1nc(C2CC2)ncc1N1C[C@]2(CC[C@](c3cccc(F)c3)(N(C)C)CC2)NC1=O. The molecule has 0 atom stereocenters. The fourth-order valence-corrected chi connectivity index (χ4v) is 5.75. The Kier molecular flexibility index (Phi) is 6.17. The van der Waals surface area contributed by atoms with E-state index in [-0.39, 0.29) is 29.5 Å². The lowest BCUT2D eigenvalue weighted by molar-refractivity contribution is 0.0655. The highest BCUT2D eigenvalue weighted by atomic mass is 19.1. The zero-order valence-electron chi connectivity index (χ0n) is 20.8. The first-order valence-electron chi connectivity index (χ1n) is 12.5. The van der Waals surface area contributed by atoms with E-state index in [1.165, 1.54) is 6.07 Å². The van der Waals surface area contributed by atoms with Gasteiger partial charge in [0.15, 0.2) is 5.82 Å². The van der Waals surface area contributed by atoms with Gasteiger partial charge in [-0.1, -0.05) is 12.1 Å². The number of amides is 2. The molecule has 2 N–H and O–H groups in total. The maximum absolute atomic E-state index is 14.1. The largest absolute Gasteiger partial charge is 0.395 e. The van der Waals surface area contributed by atoms with E-state index in [4.69, 9.17) is 4.98 Å². The summed E-state index contributed by atoms with van der Waals surface area (Å²) in [5.41, 5.74) is 1.03. The van der Waals surface area contributed by atoms with Gasteiger partial charge in [0.25, 0.3) is 0 Å². The molecule has 1 spiro atoms. The smallest absolute Gasteiger partial charge is 0.322 e. The molecule has 188 valence electrons. The van der Waals surface area contributed by atoms with Gasteiger partial charge in [-0.2, -0.15) is 0 Å². The first-order chi connectivity index (χ1) is 16.8. The van der Waals surface area contributed by atoms with Crippen LogP contribution >= 0.6 is 0 Å². The number of likely N-dealkylation sites (N-methyl/N-ethyl adjacent to an activating group) is 1. The fourth-order valence-electron chi connectivity index (χ4n) is 5.75. The predicted molar refractivity (Wildman–Crippen MR) is 133 cm³/mol. The molecule has 0 unspecified atom stereocenters. The predicted octanol–water partition coefficient (Wildman–Crippen LogP) is 3.22. The van der Waals surface area contributed by atoms with Crippen molar-refractivity contribution >= 4 is 17.5 Å². The number of hydrogen-bond donors (Lipinski definition) is 2. The van der Waals surface area contributed by atoms with Crippen molar-refractivity contribution in [2.24, 2.45) is 0 Å². The van der Waals surface area contributed by atoms with Crippen molar-refractivity contribution in [2.75, 3.05) is 50.6 Å². The Hall–Kier alpha value is -2.78. The molecule has 1 saturated heterocycles. The van der Waals surface area contributed by atoms with Crippen molar-refractivity contribution in [3.63, 3.8) is 0 Å². The van der Waals surface area contributed by atoms with Crippen LogP contribution in [0, 0.1) is 5.82 Å². The molecule has 1 aliphatic heterocycles. The molecule has 9 heteroatoms. The number of carbonyl (C=O) groups is 1. The summed E-state index contributed by atoms with van der Waals surface area (Å²) in [5.74, 6) is 1.66. The maximum Gasteiger partial charge on any atom is 0.322 e. The van der Waals surface area contributed by atoms with Crippen LogP contribution in [0.25, 0.3) is 0 Å². The third-order valence-corrected chi connectivity index (χ3v) is 8.13. The van der Waals surface area contributed by atoms with Gasteiger partial charge in [-0.25, -0.2) is 19.2 Å². The van der Waals surface area contributed by atoms with E-state index in [0.29, 0.717) is 30.5 Å². The zero-order valence-corrected chi connectivity index (χ0v) is 20.8. The van der Waals surface area contributed by atoms with Crippen LogP contribution in [0.3, 0.4) is 0 Å². The molecule has 8 nitrogen and oxygen atoms in total. The summed E-state index contributed by atoms with van der Waals surface area (Å²) in [6, 6.07) is 6.75. The molecule has 35 heavy (non-hydrogen) atoms. The number of nitrogens with one attached hydrogen (secondary N) is 1. The number of benzene rings is 1. The standard InChI is InChI=1S/C26H35FN6O2/c1-31(2)26(19-5-4-6-20(27)15-19)11-9-25(10-12-26)17-33(24(35)30-25)21-16-28-22(18-7-8-18)29-23(21)32(3)13-14-34/h4-6,15-16,18,34H,7-14,17H2,1-3H3,(H,30,35)/t25-,26+. The van der Waals surface area contributed by atoms with Crippen molar-refractivity contribution in [1.82, 2.24) is 20.2 Å². The zero-order chi connectivity index (χ0) is 24.8. The highest BCUT2D eigenvalue weighted by Gasteiger charge is 2.51. The van der Waals surface area contributed by atoms with Gasteiger partial charge in [0.1, 0.15) is 17.3 Å². The lowest BCUT2D eigenvalue weighted by Crippen LogP contribution is -2.54. The van der Waals surface area contributed by atoms with E-state index in [1.54, 1.807) is 23.2 Å². The number of anilines is 2. The van der Waals surface area contributed by atoms with Crippen molar-refractivity contribution < 1.29 is 14.3 Å². The quantitative estimate of drug-likeness (QED) is 0.631. The number of aromatic nitrogens is 2. The van der Waals surface area contributed by atoms with Crippen molar-refractivity contribution in [3.05, 3.63) is 47.7 Å². The van der Waals surface area contributed by atoms with Crippen molar-refractivity contribution in [3.8, 4) is 0 Å². The summed E-state index contributed by atoms with van der Waals surface area (Å²) in [4.78, 5) is 28.5. The molecule has 2 heterocycles. The molecular formula is C26H35FN6O2. The number of halogens is 1. The van der Waals surface area contributed by atoms with Gasteiger partial charge in [0.05, 0.1) is 24.9 Å². The van der Waals surface area contributed by atoms with Crippen molar-refractivity contribution in [1.29, 1.82) is 0 Å². The topological polar surface area (TPSA) is 84.8 Å². The molecular weight excluding hydrogens is 447 g/mol. The van der Waals surface area contributed by atoms with Crippen LogP contribution in [0.5, 0.6) is 0 Å². The summed E-state index contributed by atoms with van der Waals surface area (Å²) in [7, 11) is 5.97. The Balaban J connectivity index is 1.40. The summed E-state index contributed by atoms with van der Waals surface area (Å²) in [6.07, 6.45) is 7.14. The van der Waals surface area contributed by atoms with E-state index in [9.17, 15) is 14.3 Å². The summed E-state index contributed by atoms with van der Waals surface area (Å²) < 4.78 is 14.1. The molecule has 0 radical (unpaired) electrons. The van der Waals surface area contributed by atoms with Crippen LogP contribution in [0.2, 0.25) is 0 Å². The second-order valence-electron chi connectivity index (χ2n) is 10.6. The van der Waals surface area contributed by atoms with Gasteiger partial charge >= 0.3 is 6.03 Å². The van der Waals surface area contributed by atoms with Crippen LogP contribution in [0.1, 0.15) is 55.8 Å². The van der Waals surface area contributed by atoms with Gasteiger partial charge in [-0.3, -0.25) is 9.80 Å². The minimum atomic E-state index is -0.355. The van der Waals surface area contributed by atoms with Crippen LogP contribution < -0.4 is 15.1 Å². The highest BCUT2D eigenvalue weighted by molar-refractivity contribution is 5.97. The van der Waals surface area contributed by atoms with Crippen molar-refractivity contribution in [2.45, 2.75) is 55.5 Å². The van der Waals surface area contributed by atoms with E-state index >= 15 is 0 Å². The molecule has 1 aromatic heterocycles. The molecule has 2 saturated carbocycles. The fraction of sp³-hybridized carbons (Fsp3) is 0.577. The first kappa shape index (κ1) is 23.9. The first-order valence-corrected chi connectivity index (χ1v) is 12.5. The van der Waals surface area contributed by atoms with Gasteiger partial charge in [-0.05, 0) is 70.3 Å². The maximum atomic E-state index is 14.1. The third-order valence-electron chi connectivity index (χ3n) is 8.13. The Morgan fingerprint density at radius 2 is 1.94 bits per heavy atom. The summed E-state index contributed by atoms with van der Waals surface area (Å²) in [5, 5.41) is 12.8. The number of aliphatic hydroxyl groups excluding tert-OH is 1. The number of aliphatic hydroxyl groups is 1. The number of urea groups is 1. The molecule has 1 aromatic carbocycles. The molecule has 0 bridgehead atoms. The summed E-state index contributed by atoms with van der Waals surface area (Å²) in [6.45, 7) is 0.958. The molecule has 3 fully saturated rings. The van der Waals surface area contributed by atoms with Gasteiger partial charge in [0.2, 0.25) is 0 Å². The number of carbonyl (C=O) groups excluding carboxylic acids is 1. The Morgan fingerprint density at radius 1 is 1.20 bits per heavy atom. The minimum Gasteiger partial charge on any atom is -0.395 e. The van der Waals surface area contributed by atoms with Crippen LogP contribution in [0.4, 0.5) is 20.7 Å². The molecule has 2 aromatic rings. The van der Waals surface area contributed by atoms with Gasteiger partial charge in [0, 0.05) is 25.0 Å². The average molecular weight is 483 g/mol. The second-order valence-corrected chi connectivity index (χ2v) is 10.6. The van der Waals surface area contributed by atoms with E-state index in [0.717, 1.165) is 49.9 Å². The van der Waals surface area contributed by atoms with Crippen LogP contribution in [-0.2, 0) is 5.54 Å². The van der Waals surface area contributed by atoms with Gasteiger partial charge < -0.3 is 15.3 Å². The number of hydrogen-bond acceptors (Lipinski definition) is 6. The number of rotatable bonds is 7. The Labute approximate surface area is 206 Å². The lowest BCUT2D eigenvalue weighted by Gasteiger charge is -2.48. The highest BCUT2D eigenvalue weighted by Crippen LogP contribution is 2.47. The molecule has 3 aliphatic rings. The van der Waals surface area contributed by atoms with E-state index in [2.05, 4.69) is 15.2 Å². The Morgan fingerprint density at radius 3 is 2.57 bits per heavy atom. The average Bonchev–Trinajstić information content (AvgIpc) is 3.64. The monoisotopic (exact) mass is 482 g/mol. The van der Waals surface area contributed by atoms with Crippen LogP contribution in [-0.4, -0.2) is 72.4 Å². The van der Waals surface area contributed by atoms with E-state index in [1.807, 2.05) is 32.1 Å². The van der Waals surface area contributed by atoms with Crippen LogP contribution in [0.15, 0.2) is 30.5 Å². The minimum absolute atomic E-state index is 0.00152. The lowest BCUT2D eigenvalue weighted by atomic mass is 9.69. The Bertz CT molecular complexity index is 1100. The summed E-state index contributed by atoms with van der Waals surface area (Å²) >= 11 is 0. The van der Waals surface area contributed by atoms with E-state index < -0.39 is 0 Å². The molecule has 5 rings (SSSR count). The second kappa shape index (κ2) is 9.02. The number of nitrogens with zero attached hydrogens (tertiary/aromatic N) is 5.